The van der Waals surface area contributed by atoms with E-state index in [-0.39, 0.29) is 25.4 Å². The summed E-state index contributed by atoms with van der Waals surface area (Å²) in [7, 11) is 0. The van der Waals surface area contributed by atoms with Crippen molar-refractivity contribution >= 4 is 18.2 Å². The van der Waals surface area contributed by atoms with Gasteiger partial charge in [-0.25, -0.2) is 4.98 Å². The van der Waals surface area contributed by atoms with Gasteiger partial charge >= 0.3 is 6.18 Å². The summed E-state index contributed by atoms with van der Waals surface area (Å²) in [6.07, 6.45) is -2.26. The second-order valence-electron chi connectivity index (χ2n) is 3.49. The molecule has 2 N–H and O–H groups in total. The number of fused-ring (bicyclic) bond motifs is 1. The zero-order chi connectivity index (χ0) is 10.3. The molecule has 1 aromatic heterocycles. The first kappa shape index (κ1) is 12.2. The molecule has 2 rings (SSSR count). The van der Waals surface area contributed by atoms with Crippen LogP contribution in [0, 0.1) is 5.92 Å². The molecule has 1 aliphatic heterocycles. The molecule has 2 heterocycles. The lowest BCUT2D eigenvalue weighted by Gasteiger charge is -2.26. The van der Waals surface area contributed by atoms with E-state index >= 15 is 0 Å². The van der Waals surface area contributed by atoms with Crippen molar-refractivity contribution in [1.29, 1.82) is 0 Å². The Morgan fingerprint density at radius 2 is 2.13 bits per heavy atom. The molecule has 15 heavy (non-hydrogen) atoms. The standard InChI is InChI=1S/C8H10F3N3.ClH/c9-8(10,11)5-1-2-7-13-3-6(12)14(7)4-5;/h3,5H,1-2,4,12H2;1H. The van der Waals surface area contributed by atoms with Crippen LogP contribution in [0.5, 0.6) is 0 Å². The lowest BCUT2D eigenvalue weighted by molar-refractivity contribution is -0.182. The molecule has 0 spiro atoms. The summed E-state index contributed by atoms with van der Waals surface area (Å²) in [5.74, 6) is -0.316. The van der Waals surface area contributed by atoms with Crippen molar-refractivity contribution in [2.45, 2.75) is 25.6 Å². The number of alkyl halides is 3. The Hall–Kier alpha value is -0.910. The number of halogens is 4. The Kier molecular flexibility index (Phi) is 3.18. The van der Waals surface area contributed by atoms with Crippen molar-refractivity contribution < 1.29 is 13.2 Å². The maximum atomic E-state index is 12.4. The molecule has 0 saturated heterocycles. The molecule has 0 radical (unpaired) electrons. The lowest BCUT2D eigenvalue weighted by atomic mass is 9.99. The second kappa shape index (κ2) is 3.92. The van der Waals surface area contributed by atoms with E-state index < -0.39 is 12.1 Å². The van der Waals surface area contributed by atoms with E-state index in [0.717, 1.165) is 0 Å². The van der Waals surface area contributed by atoms with Crippen LogP contribution in [0.4, 0.5) is 19.0 Å². The van der Waals surface area contributed by atoms with E-state index in [1.807, 2.05) is 0 Å². The Morgan fingerprint density at radius 1 is 1.47 bits per heavy atom. The van der Waals surface area contributed by atoms with Crippen LogP contribution in [0.3, 0.4) is 0 Å². The van der Waals surface area contributed by atoms with Crippen LogP contribution in [-0.2, 0) is 13.0 Å². The molecule has 1 aromatic rings. The number of nitrogens with zero attached hydrogens (tertiary/aromatic N) is 2. The van der Waals surface area contributed by atoms with Crippen molar-refractivity contribution in [3.8, 4) is 0 Å². The van der Waals surface area contributed by atoms with Crippen LogP contribution < -0.4 is 5.73 Å². The van der Waals surface area contributed by atoms with Crippen LogP contribution in [0.25, 0.3) is 0 Å². The van der Waals surface area contributed by atoms with E-state index in [9.17, 15) is 13.2 Å². The van der Waals surface area contributed by atoms with E-state index in [4.69, 9.17) is 5.73 Å². The summed E-state index contributed by atoms with van der Waals surface area (Å²) >= 11 is 0. The molecule has 0 aromatic carbocycles. The fraction of sp³-hybridized carbons (Fsp3) is 0.625. The topological polar surface area (TPSA) is 43.8 Å². The number of hydrogen-bond acceptors (Lipinski definition) is 2. The maximum Gasteiger partial charge on any atom is 0.393 e. The third-order valence-corrected chi connectivity index (χ3v) is 2.55. The van der Waals surface area contributed by atoms with Gasteiger partial charge in [-0.15, -0.1) is 12.4 Å². The summed E-state index contributed by atoms with van der Waals surface area (Å²) < 4.78 is 38.6. The molecular formula is C8H11ClF3N3. The number of nitrogen functional groups attached to an aromatic ring is 1. The minimum Gasteiger partial charge on any atom is -0.384 e. The molecule has 1 atom stereocenters. The SMILES string of the molecule is Cl.Nc1cnc2n1CC(C(F)(F)F)CC2. The van der Waals surface area contributed by atoms with Crippen LogP contribution in [0.1, 0.15) is 12.2 Å². The van der Waals surface area contributed by atoms with Gasteiger partial charge in [-0.3, -0.25) is 0 Å². The predicted molar refractivity (Wildman–Crippen MR) is 51.8 cm³/mol. The Bertz CT molecular complexity index is 347. The molecule has 0 aliphatic carbocycles. The van der Waals surface area contributed by atoms with E-state index in [1.54, 1.807) is 0 Å². The van der Waals surface area contributed by atoms with E-state index in [0.29, 0.717) is 18.1 Å². The lowest BCUT2D eigenvalue weighted by Crippen LogP contribution is -2.32. The number of aromatic nitrogens is 2. The Balaban J connectivity index is 0.00000112. The molecular weight excluding hydrogens is 231 g/mol. The van der Waals surface area contributed by atoms with Crippen LogP contribution in [0.15, 0.2) is 6.20 Å². The first-order valence-electron chi connectivity index (χ1n) is 4.35. The van der Waals surface area contributed by atoms with Crippen molar-refractivity contribution in [2.75, 3.05) is 5.73 Å². The smallest absolute Gasteiger partial charge is 0.384 e. The highest BCUT2D eigenvalue weighted by molar-refractivity contribution is 5.85. The zero-order valence-corrected chi connectivity index (χ0v) is 8.61. The summed E-state index contributed by atoms with van der Waals surface area (Å²) in [6.45, 7) is -0.0926. The highest BCUT2D eigenvalue weighted by Gasteiger charge is 2.41. The molecule has 0 saturated carbocycles. The first-order chi connectivity index (χ1) is 6.48. The zero-order valence-electron chi connectivity index (χ0n) is 7.79. The summed E-state index contributed by atoms with van der Waals surface area (Å²) in [5, 5.41) is 0. The Labute approximate surface area is 90.9 Å². The molecule has 1 unspecified atom stereocenters. The van der Waals surface area contributed by atoms with Crippen LogP contribution >= 0.6 is 12.4 Å². The van der Waals surface area contributed by atoms with Crippen molar-refractivity contribution in [2.24, 2.45) is 5.92 Å². The van der Waals surface area contributed by atoms with Crippen molar-refractivity contribution in [3.63, 3.8) is 0 Å². The minimum absolute atomic E-state index is 0. The minimum atomic E-state index is -4.13. The number of aryl methyl sites for hydroxylation is 1. The number of rotatable bonds is 0. The number of imidazole rings is 1. The largest absolute Gasteiger partial charge is 0.393 e. The average Bonchev–Trinajstić information content (AvgIpc) is 2.46. The van der Waals surface area contributed by atoms with Gasteiger partial charge in [0, 0.05) is 13.0 Å². The molecule has 0 amide bonds. The normalized spacial score (nSPS) is 20.6. The molecule has 3 nitrogen and oxygen atoms in total. The highest BCUT2D eigenvalue weighted by atomic mass is 35.5. The van der Waals surface area contributed by atoms with Gasteiger partial charge in [0.1, 0.15) is 11.6 Å². The predicted octanol–water partition coefficient (Wildman–Crippen LogP) is 2.01. The second-order valence-corrected chi connectivity index (χ2v) is 3.49. The van der Waals surface area contributed by atoms with Crippen LogP contribution in [-0.4, -0.2) is 15.7 Å². The van der Waals surface area contributed by atoms with Gasteiger partial charge in [-0.05, 0) is 6.42 Å². The molecule has 7 heteroatoms. The average molecular weight is 242 g/mol. The van der Waals surface area contributed by atoms with Gasteiger partial charge in [0.25, 0.3) is 0 Å². The maximum absolute atomic E-state index is 12.4. The molecule has 0 bridgehead atoms. The van der Waals surface area contributed by atoms with Crippen molar-refractivity contribution in [1.82, 2.24) is 9.55 Å². The van der Waals surface area contributed by atoms with Gasteiger partial charge in [0.15, 0.2) is 0 Å². The van der Waals surface area contributed by atoms with Crippen molar-refractivity contribution in [3.05, 3.63) is 12.0 Å². The number of hydrogen-bond donors (Lipinski definition) is 1. The molecule has 1 aliphatic rings. The quantitative estimate of drug-likeness (QED) is 0.755. The Morgan fingerprint density at radius 3 is 2.73 bits per heavy atom. The number of anilines is 1. The first-order valence-corrected chi connectivity index (χ1v) is 4.35. The third-order valence-electron chi connectivity index (χ3n) is 2.55. The fourth-order valence-corrected chi connectivity index (χ4v) is 1.72. The fourth-order valence-electron chi connectivity index (χ4n) is 1.72. The summed E-state index contributed by atoms with van der Waals surface area (Å²) in [5.41, 5.74) is 5.50. The van der Waals surface area contributed by atoms with E-state index in [2.05, 4.69) is 4.98 Å². The van der Waals surface area contributed by atoms with Gasteiger partial charge in [0.2, 0.25) is 0 Å². The monoisotopic (exact) mass is 241 g/mol. The van der Waals surface area contributed by atoms with Gasteiger partial charge in [0.05, 0.1) is 12.1 Å². The number of nitrogens with two attached hydrogens (primary N) is 1. The highest BCUT2D eigenvalue weighted by Crippen LogP contribution is 2.34. The van der Waals surface area contributed by atoms with Gasteiger partial charge in [-0.1, -0.05) is 0 Å². The van der Waals surface area contributed by atoms with E-state index in [1.165, 1.54) is 10.8 Å². The van der Waals surface area contributed by atoms with Crippen LogP contribution in [0.2, 0.25) is 0 Å². The van der Waals surface area contributed by atoms with Gasteiger partial charge in [-0.2, -0.15) is 13.2 Å². The van der Waals surface area contributed by atoms with Gasteiger partial charge < -0.3 is 10.3 Å². The summed E-state index contributed by atoms with van der Waals surface area (Å²) in [4.78, 5) is 3.94. The molecule has 0 fully saturated rings. The third kappa shape index (κ3) is 2.19. The molecule has 86 valence electrons. The summed E-state index contributed by atoms with van der Waals surface area (Å²) in [6, 6.07) is 0.